The number of halogens is 3. The van der Waals surface area contributed by atoms with E-state index in [1.54, 1.807) is 0 Å². The van der Waals surface area contributed by atoms with Crippen molar-refractivity contribution in [1.82, 2.24) is 0 Å². The molecular formula is C10H7F3O. The van der Waals surface area contributed by atoms with Gasteiger partial charge in [-0.3, -0.25) is 0 Å². The summed E-state index contributed by atoms with van der Waals surface area (Å²) < 4.78 is 42.0. The van der Waals surface area contributed by atoms with Crippen LogP contribution in [0.5, 0.6) is 5.75 Å². The summed E-state index contributed by atoms with van der Waals surface area (Å²) in [5.74, 6) is 0.476. The second kappa shape index (κ2) is 3.19. The fourth-order valence-corrected chi connectivity index (χ4v) is 1.32. The highest BCUT2D eigenvalue weighted by Crippen LogP contribution is 2.34. The van der Waals surface area contributed by atoms with Crippen molar-refractivity contribution < 1.29 is 17.9 Å². The maximum absolute atomic E-state index is 12.3. The third kappa shape index (κ3) is 1.69. The lowest BCUT2D eigenvalue weighted by Crippen LogP contribution is -2.10. The summed E-state index contributed by atoms with van der Waals surface area (Å²) in [6, 6.07) is 3.42. The molecule has 0 unspecified atom stereocenters. The smallest absolute Gasteiger partial charge is 0.416 e. The van der Waals surface area contributed by atoms with E-state index >= 15 is 0 Å². The summed E-state index contributed by atoms with van der Waals surface area (Å²) in [6.07, 6.45) is -0.911. The largest absolute Gasteiger partial charge is 0.493 e. The Hall–Kier alpha value is -1.19. The van der Waals surface area contributed by atoms with E-state index in [2.05, 4.69) is 6.42 Å². The van der Waals surface area contributed by atoms with Gasteiger partial charge in [-0.25, -0.2) is 0 Å². The second-order valence-corrected chi connectivity index (χ2v) is 2.98. The number of rotatable bonds is 0. The van der Waals surface area contributed by atoms with Gasteiger partial charge in [-0.15, -0.1) is 0 Å². The van der Waals surface area contributed by atoms with Gasteiger partial charge in [0, 0.05) is 12.0 Å². The van der Waals surface area contributed by atoms with Crippen molar-refractivity contribution in [2.75, 3.05) is 6.61 Å². The number of fused-ring (bicyclic) bond motifs is 1. The molecule has 1 aliphatic heterocycles. The summed E-state index contributed by atoms with van der Waals surface area (Å²) >= 11 is 0. The second-order valence-electron chi connectivity index (χ2n) is 2.98. The Morgan fingerprint density at radius 1 is 1.29 bits per heavy atom. The van der Waals surface area contributed by atoms with Gasteiger partial charge < -0.3 is 4.74 Å². The third-order valence-corrected chi connectivity index (χ3v) is 1.98. The molecule has 0 aliphatic carbocycles. The van der Waals surface area contributed by atoms with Crippen LogP contribution in [-0.4, -0.2) is 6.61 Å². The average molecular weight is 200 g/mol. The standard InChI is InChI=1S/C10H7F3O/c11-10(12,13)8-3-4-9-7(6-8)2-1-5-14-9/h3-4,6H,1,5H2. The molecule has 1 aromatic carbocycles. The maximum atomic E-state index is 12.3. The highest BCUT2D eigenvalue weighted by molar-refractivity contribution is 5.43. The van der Waals surface area contributed by atoms with Crippen LogP contribution in [0.3, 0.4) is 0 Å². The van der Waals surface area contributed by atoms with Crippen molar-refractivity contribution in [3.8, 4) is 5.75 Å². The Kier molecular flexibility index (Phi) is 2.13. The Bertz CT molecular complexity index is 344. The predicted octanol–water partition coefficient (Wildman–Crippen LogP) is 2.92. The van der Waals surface area contributed by atoms with Crippen LogP contribution >= 0.6 is 0 Å². The summed E-state index contributed by atoms with van der Waals surface area (Å²) in [4.78, 5) is 0. The molecule has 0 spiro atoms. The highest BCUT2D eigenvalue weighted by atomic mass is 19.4. The van der Waals surface area contributed by atoms with Crippen molar-refractivity contribution in [3.63, 3.8) is 0 Å². The molecule has 0 atom stereocenters. The summed E-state index contributed by atoms with van der Waals surface area (Å²) in [6.45, 7) is 0.484. The van der Waals surface area contributed by atoms with Crippen LogP contribution in [0.1, 0.15) is 17.5 Å². The molecule has 1 heterocycles. The van der Waals surface area contributed by atoms with Gasteiger partial charge in [0.05, 0.1) is 12.2 Å². The number of hydrogen-bond donors (Lipinski definition) is 0. The number of benzene rings is 1. The van der Waals surface area contributed by atoms with Gasteiger partial charge in [-0.1, -0.05) is 0 Å². The molecule has 1 nitrogen and oxygen atoms in total. The Morgan fingerprint density at radius 3 is 2.79 bits per heavy atom. The molecule has 4 heteroatoms. The van der Waals surface area contributed by atoms with E-state index in [4.69, 9.17) is 4.74 Å². The van der Waals surface area contributed by atoms with Crippen LogP contribution in [0.4, 0.5) is 13.2 Å². The lowest BCUT2D eigenvalue weighted by molar-refractivity contribution is -0.137. The first-order valence-electron chi connectivity index (χ1n) is 4.15. The van der Waals surface area contributed by atoms with Crippen molar-refractivity contribution in [1.29, 1.82) is 0 Å². The van der Waals surface area contributed by atoms with Crippen LogP contribution in [0.25, 0.3) is 0 Å². The van der Waals surface area contributed by atoms with Crippen LogP contribution in [-0.2, 0) is 6.18 Å². The molecule has 14 heavy (non-hydrogen) atoms. The van der Waals surface area contributed by atoms with Crippen molar-refractivity contribution >= 4 is 0 Å². The first kappa shape index (κ1) is 9.37. The number of ether oxygens (including phenoxy) is 1. The van der Waals surface area contributed by atoms with E-state index in [0.717, 1.165) is 12.1 Å². The molecule has 74 valence electrons. The highest BCUT2D eigenvalue weighted by Gasteiger charge is 2.31. The zero-order chi connectivity index (χ0) is 10.2. The monoisotopic (exact) mass is 200 g/mol. The lowest BCUT2D eigenvalue weighted by Gasteiger charge is -2.17. The van der Waals surface area contributed by atoms with Crippen molar-refractivity contribution in [2.24, 2.45) is 0 Å². The Morgan fingerprint density at radius 2 is 2.07 bits per heavy atom. The Labute approximate surface area is 79.5 Å². The predicted molar refractivity (Wildman–Crippen MR) is 43.9 cm³/mol. The first-order valence-corrected chi connectivity index (χ1v) is 4.15. The van der Waals surface area contributed by atoms with Crippen molar-refractivity contribution in [2.45, 2.75) is 12.6 Å². The molecule has 0 saturated carbocycles. The summed E-state index contributed by atoms with van der Waals surface area (Å²) in [5.41, 5.74) is -0.250. The number of alkyl halides is 3. The first-order chi connectivity index (χ1) is 6.57. The van der Waals surface area contributed by atoms with Crippen LogP contribution in [0.15, 0.2) is 18.2 Å². The number of hydrogen-bond acceptors (Lipinski definition) is 1. The van der Waals surface area contributed by atoms with E-state index < -0.39 is 11.7 Å². The maximum Gasteiger partial charge on any atom is 0.416 e. The third-order valence-electron chi connectivity index (χ3n) is 1.98. The zero-order valence-electron chi connectivity index (χ0n) is 7.19. The van der Waals surface area contributed by atoms with Gasteiger partial charge in [0.1, 0.15) is 5.75 Å². The minimum Gasteiger partial charge on any atom is -0.493 e. The zero-order valence-corrected chi connectivity index (χ0v) is 7.19. The van der Waals surface area contributed by atoms with Gasteiger partial charge in [0.15, 0.2) is 0 Å². The van der Waals surface area contributed by atoms with E-state index in [0.29, 0.717) is 24.3 Å². The molecule has 1 aromatic rings. The van der Waals surface area contributed by atoms with Crippen LogP contribution < -0.4 is 4.74 Å². The van der Waals surface area contributed by atoms with E-state index in [9.17, 15) is 13.2 Å². The van der Waals surface area contributed by atoms with E-state index in [1.165, 1.54) is 6.07 Å². The van der Waals surface area contributed by atoms with E-state index in [1.807, 2.05) is 0 Å². The molecule has 0 saturated heterocycles. The van der Waals surface area contributed by atoms with Gasteiger partial charge in [-0.05, 0) is 24.6 Å². The van der Waals surface area contributed by atoms with Crippen LogP contribution in [0.2, 0.25) is 0 Å². The van der Waals surface area contributed by atoms with Gasteiger partial charge in [0.25, 0.3) is 0 Å². The van der Waals surface area contributed by atoms with Gasteiger partial charge in [0.2, 0.25) is 0 Å². The van der Waals surface area contributed by atoms with Crippen LogP contribution in [0, 0.1) is 6.42 Å². The summed E-state index contributed by atoms with van der Waals surface area (Å²) in [5, 5.41) is 0. The summed E-state index contributed by atoms with van der Waals surface area (Å²) in [7, 11) is 0. The fraction of sp³-hybridized carbons (Fsp3) is 0.300. The normalized spacial score (nSPS) is 15.9. The minimum absolute atomic E-state index is 0.408. The fourth-order valence-electron chi connectivity index (χ4n) is 1.32. The molecule has 0 fully saturated rings. The minimum atomic E-state index is -4.30. The van der Waals surface area contributed by atoms with E-state index in [-0.39, 0.29) is 0 Å². The van der Waals surface area contributed by atoms with Gasteiger partial charge >= 0.3 is 6.18 Å². The molecule has 0 bridgehead atoms. The molecule has 0 amide bonds. The topological polar surface area (TPSA) is 9.23 Å². The lowest BCUT2D eigenvalue weighted by atomic mass is 10.0. The molecule has 0 N–H and O–H groups in total. The molecule has 1 aliphatic rings. The molecule has 0 aromatic heterocycles. The Balaban J connectivity index is 2.39. The molecule has 2 rings (SSSR count). The average Bonchev–Trinajstić information content (AvgIpc) is 2.16. The van der Waals surface area contributed by atoms with Crippen molar-refractivity contribution in [3.05, 3.63) is 35.7 Å². The van der Waals surface area contributed by atoms with Gasteiger partial charge in [-0.2, -0.15) is 13.2 Å². The molecule has 2 radical (unpaired) electrons. The quantitative estimate of drug-likeness (QED) is 0.625. The SMILES string of the molecule is FC(F)(F)c1ccc2c(c1)[C]CCO2. The molecular weight excluding hydrogens is 193 g/mol.